The van der Waals surface area contributed by atoms with Crippen molar-refractivity contribution in [2.45, 2.75) is 120 Å². The van der Waals surface area contributed by atoms with Gasteiger partial charge < -0.3 is 0 Å². The van der Waals surface area contributed by atoms with Crippen LogP contribution in [-0.4, -0.2) is 35.0 Å². The van der Waals surface area contributed by atoms with Crippen molar-refractivity contribution < 1.29 is 0 Å². The summed E-state index contributed by atoms with van der Waals surface area (Å²) in [6.07, 6.45) is 27.2. The first-order chi connectivity index (χ1) is 16.3. The van der Waals surface area contributed by atoms with Gasteiger partial charge in [-0.2, -0.15) is 0 Å². The molecule has 0 fully saturated rings. The minimum atomic E-state index is -1.95. The van der Waals surface area contributed by atoms with E-state index in [1.165, 1.54) is 38.5 Å². The summed E-state index contributed by atoms with van der Waals surface area (Å²) in [5.41, 5.74) is 0.789. The molecule has 0 aromatic heterocycles. The molecule has 0 saturated carbocycles. The fourth-order valence-electron chi connectivity index (χ4n) is 4.31. The standard InChI is InChI=1S/C8H14Si.C5H5.3C4H9.CCl4.CH2Cl2.2CH4.Sn/c1-9(2,3)8-6-4-5-7-8;1-2-4-5-3-1;3*1-3-4-2;2-1(3,4)5;2-1-3;;;/h4-8H,1-3H3;1-5H;3*1,3-4H2,2H3;;1H2;2*1H4;. The molecule has 2 rings (SSSR count). The topological polar surface area (TPSA) is 0 Å². The van der Waals surface area contributed by atoms with Crippen LogP contribution in [0.4, 0.5) is 0 Å². The van der Waals surface area contributed by atoms with Gasteiger partial charge in [0.25, 0.3) is 3.25 Å². The molecule has 0 aromatic rings. The zero-order valence-electron chi connectivity index (χ0n) is 22.6. The molecule has 0 bridgehead atoms. The Labute approximate surface area is 267 Å². The molecule has 0 amide bonds. The largest absolute Gasteiger partial charge is 0.266 e. The van der Waals surface area contributed by atoms with Crippen LogP contribution in [0.15, 0.2) is 48.6 Å². The second kappa shape index (κ2) is 26.6. The molecule has 0 N–H and O–H groups in total. The molecular weight excluding hydrogens is 708 g/mol. The van der Waals surface area contributed by atoms with Gasteiger partial charge in [-0.15, -0.1) is 23.2 Å². The maximum absolute atomic E-state index is 4.83. The number of allylic oxidation sites excluding steroid dienone is 8. The summed E-state index contributed by atoms with van der Waals surface area (Å²) in [7, 11) is -0.898. The maximum Gasteiger partial charge on any atom is 0.266 e. The van der Waals surface area contributed by atoms with E-state index < -0.39 is 29.7 Å². The Morgan fingerprint density at radius 3 is 1.14 bits per heavy atom. The first kappa shape index (κ1) is 45.7. The molecule has 0 aliphatic heterocycles. The Morgan fingerprint density at radius 2 is 0.919 bits per heavy atom. The van der Waals surface area contributed by atoms with E-state index >= 15 is 0 Å². The first-order valence-corrected chi connectivity index (χ1v) is 26.7. The van der Waals surface area contributed by atoms with E-state index in [-0.39, 0.29) is 20.2 Å². The molecule has 0 unspecified atom stereocenters. The number of rotatable bonds is 11. The van der Waals surface area contributed by atoms with Crippen molar-refractivity contribution in [1.29, 1.82) is 0 Å². The number of halogens is 6. The van der Waals surface area contributed by atoms with Gasteiger partial charge in [-0.1, -0.05) is 105 Å². The number of hydrogen-bond donors (Lipinski definition) is 0. The van der Waals surface area contributed by atoms with Gasteiger partial charge in [0.05, 0.1) is 13.4 Å². The molecule has 0 radical (unpaired) electrons. The predicted octanol–water partition coefficient (Wildman–Crippen LogP) is 14.4. The molecule has 2 aliphatic rings. The molecule has 0 heterocycles. The normalized spacial score (nSPS) is 14.5. The first-order valence-electron chi connectivity index (χ1n) is 12.9. The third kappa shape index (κ3) is 26.4. The summed E-state index contributed by atoms with van der Waals surface area (Å²) in [5, 5.41) is 0.194. The average molecular weight is 764 g/mol. The van der Waals surface area contributed by atoms with Crippen molar-refractivity contribution in [2.24, 2.45) is 0 Å². The van der Waals surface area contributed by atoms with Gasteiger partial charge in [0.15, 0.2) is 0 Å². The number of unbranched alkanes of at least 4 members (excludes halogenated alkanes) is 3. The number of alkyl halides is 6. The van der Waals surface area contributed by atoms with Crippen molar-refractivity contribution in [3.05, 3.63) is 48.6 Å². The predicted molar refractivity (Wildman–Crippen MR) is 188 cm³/mol. The maximum atomic E-state index is 4.83. The molecule has 0 saturated heterocycles. The summed E-state index contributed by atoms with van der Waals surface area (Å²) in [5.74, 6) is 0. The van der Waals surface area contributed by atoms with Crippen molar-refractivity contribution in [2.75, 3.05) is 5.34 Å². The van der Waals surface area contributed by atoms with Crippen LogP contribution in [-0.2, 0) is 0 Å². The molecule has 222 valence electrons. The van der Waals surface area contributed by atoms with Crippen LogP contribution in [0.2, 0.25) is 42.4 Å². The van der Waals surface area contributed by atoms with E-state index in [0.29, 0.717) is 0 Å². The van der Waals surface area contributed by atoms with Gasteiger partial charge >= 0.3 is 119 Å². The van der Waals surface area contributed by atoms with Crippen molar-refractivity contribution in [3.8, 4) is 0 Å². The van der Waals surface area contributed by atoms with E-state index in [4.69, 9.17) is 69.6 Å². The van der Waals surface area contributed by atoms with Gasteiger partial charge in [0, 0.05) is 0 Å². The quantitative estimate of drug-likeness (QED) is 0.145. The summed E-state index contributed by atoms with van der Waals surface area (Å²) < 4.78 is 4.20. The Morgan fingerprint density at radius 1 is 0.649 bits per heavy atom. The Hall–Kier alpha value is 1.72. The fraction of sp³-hybridized carbons (Fsp3) is 0.724. The van der Waals surface area contributed by atoms with E-state index in [9.17, 15) is 0 Å². The summed E-state index contributed by atoms with van der Waals surface area (Å²) in [6.45, 7) is 14.3. The summed E-state index contributed by atoms with van der Waals surface area (Å²) in [6, 6.07) is 0. The summed E-state index contributed by atoms with van der Waals surface area (Å²) >= 11 is 26.9. The Bertz CT molecular complexity index is 569. The van der Waals surface area contributed by atoms with Gasteiger partial charge in [0.1, 0.15) is 0 Å². The van der Waals surface area contributed by atoms with E-state index in [2.05, 4.69) is 89.0 Å². The molecule has 0 nitrogen and oxygen atoms in total. The molecule has 37 heavy (non-hydrogen) atoms. The van der Waals surface area contributed by atoms with E-state index in [0.717, 1.165) is 9.48 Å². The third-order valence-electron chi connectivity index (χ3n) is 6.29. The smallest absolute Gasteiger partial charge is 0.109 e. The second-order valence-corrected chi connectivity index (χ2v) is 33.8. The van der Waals surface area contributed by atoms with E-state index in [1.807, 2.05) is 0 Å². The fourth-order valence-corrected chi connectivity index (χ4v) is 22.7. The van der Waals surface area contributed by atoms with Crippen LogP contribution in [0.25, 0.3) is 0 Å². The van der Waals surface area contributed by atoms with Gasteiger partial charge in [-0.25, -0.2) is 0 Å². The minimum absolute atomic E-state index is 0. The van der Waals surface area contributed by atoms with E-state index in [1.54, 1.807) is 13.3 Å². The molecule has 0 atom stereocenters. The molecule has 2 aliphatic carbocycles. The van der Waals surface area contributed by atoms with Crippen molar-refractivity contribution in [3.63, 3.8) is 0 Å². The number of hydrogen-bond acceptors (Lipinski definition) is 0. The van der Waals surface area contributed by atoms with Gasteiger partial charge in [0.2, 0.25) is 0 Å². The Balaban J connectivity index is -0.000000240. The molecule has 0 spiro atoms. The van der Waals surface area contributed by atoms with Gasteiger partial charge in [-0.05, 0) is 5.54 Å². The SMILES string of the molecule is C.C.CCC[CH2][Sn]([CH2]CCC)([CH2]CCC)[CH]1C=CC=C1.C[Si](C)(C)C1C=CC=C1.ClC(Cl)(Cl)Cl.ClCCl. The van der Waals surface area contributed by atoms with Crippen molar-refractivity contribution in [1.82, 2.24) is 0 Å². The third-order valence-corrected chi connectivity index (χ3v) is 25.4. The minimum Gasteiger partial charge on any atom is -0.109 e. The molecule has 8 heteroatoms. The molecule has 0 aromatic carbocycles. The van der Waals surface area contributed by atoms with Gasteiger partial charge in [-0.3, -0.25) is 0 Å². The molecular formula is C29H56Cl6SiSn. The van der Waals surface area contributed by atoms with Crippen LogP contribution < -0.4 is 0 Å². The second-order valence-electron chi connectivity index (χ2n) is 10.2. The van der Waals surface area contributed by atoms with Crippen LogP contribution in [0.3, 0.4) is 0 Å². The average Bonchev–Trinajstić information content (AvgIpc) is 3.48. The summed E-state index contributed by atoms with van der Waals surface area (Å²) in [4.78, 5) is 0. The zero-order valence-corrected chi connectivity index (χ0v) is 31.0. The zero-order chi connectivity index (χ0) is 27.4. The van der Waals surface area contributed by atoms with Crippen LogP contribution in [0.5, 0.6) is 0 Å². The monoisotopic (exact) mass is 762 g/mol. The van der Waals surface area contributed by atoms with Crippen molar-refractivity contribution >= 4 is 96.1 Å². The van der Waals surface area contributed by atoms with Crippen LogP contribution in [0, 0.1) is 0 Å². The van der Waals surface area contributed by atoms with Crippen LogP contribution in [0.1, 0.15) is 74.1 Å². The Kier molecular flexibility index (Phi) is 32.9. The van der Waals surface area contributed by atoms with Crippen LogP contribution >= 0.6 is 69.6 Å².